The van der Waals surface area contributed by atoms with E-state index in [1.54, 1.807) is 27.8 Å². The van der Waals surface area contributed by atoms with Crippen molar-refractivity contribution in [2.45, 2.75) is 46.2 Å². The van der Waals surface area contributed by atoms with Gasteiger partial charge in [0.15, 0.2) is 0 Å². The van der Waals surface area contributed by atoms with Crippen LogP contribution in [0.25, 0.3) is 15.3 Å². The van der Waals surface area contributed by atoms with Crippen LogP contribution in [0, 0.1) is 11.8 Å². The first-order valence-corrected chi connectivity index (χ1v) is 13.2. The Bertz CT molecular complexity index is 1330. The number of carbonyl (C=O) groups is 3. The van der Waals surface area contributed by atoms with Gasteiger partial charge in [-0.2, -0.15) is 0 Å². The van der Waals surface area contributed by atoms with Crippen LogP contribution in [0.3, 0.4) is 0 Å². The molecule has 0 amide bonds. The molecule has 36 heavy (non-hydrogen) atoms. The Balaban J connectivity index is 1.53. The molecule has 1 aromatic heterocycles. The van der Waals surface area contributed by atoms with Crippen LogP contribution in [0.4, 0.5) is 0 Å². The van der Waals surface area contributed by atoms with Gasteiger partial charge in [-0.15, -0.1) is 0 Å². The summed E-state index contributed by atoms with van der Waals surface area (Å²) in [6.07, 6.45) is -2.54. The summed E-state index contributed by atoms with van der Waals surface area (Å²) in [6, 6.07) is 14.1. The molecule has 0 N–H and O–H groups in total. The van der Waals surface area contributed by atoms with Crippen molar-refractivity contribution in [3.8, 4) is 5.69 Å². The summed E-state index contributed by atoms with van der Waals surface area (Å²) in [5.74, 6) is -2.00. The minimum atomic E-state index is -1.18. The van der Waals surface area contributed by atoms with Gasteiger partial charge in [-0.05, 0) is 0 Å². The normalized spacial score (nSPS) is 23.7. The molecule has 2 aromatic carbocycles. The van der Waals surface area contributed by atoms with Gasteiger partial charge in [0.05, 0.1) is 0 Å². The minimum absolute atomic E-state index is 0.00954. The maximum absolute atomic E-state index is 13.0. The van der Waals surface area contributed by atoms with Crippen LogP contribution in [0.1, 0.15) is 38.1 Å². The molecule has 3 aromatic rings. The fourth-order valence-corrected chi connectivity index (χ4v) is 6.24. The molecule has 1 aliphatic heterocycles. The van der Waals surface area contributed by atoms with Gasteiger partial charge in [0.2, 0.25) is 0 Å². The predicted octanol–water partition coefficient (Wildman–Crippen LogP) is 2.70. The van der Waals surface area contributed by atoms with Crippen molar-refractivity contribution in [2.24, 2.45) is 11.8 Å². The van der Waals surface area contributed by atoms with Crippen molar-refractivity contribution in [3.05, 3.63) is 64.4 Å². The molecular formula is C26H27NO8Se. The van der Waals surface area contributed by atoms with Crippen molar-refractivity contribution >= 4 is 42.3 Å². The summed E-state index contributed by atoms with van der Waals surface area (Å²) in [7, 11) is 0. The van der Waals surface area contributed by atoms with Crippen LogP contribution in [-0.4, -0.2) is 61.3 Å². The standard InChI is InChI=1S/C26H27NO8Se/c1-14-15(2)23(33-17(4)29)26(34-21(14)13-32-16(3)28)35-25(31)18-9-11-19(12-10-18)27-24(30)20-7-5-6-8-22(20)36-27/h5-12,14-15,21,23,26H,13H2,1-4H3/t14-,15-,21?,23?,26-/m0/s1. The van der Waals surface area contributed by atoms with E-state index < -0.39 is 36.4 Å². The zero-order valence-corrected chi connectivity index (χ0v) is 22.0. The summed E-state index contributed by atoms with van der Waals surface area (Å²) in [6.45, 7) is 6.33. The average molecular weight is 560 g/mol. The van der Waals surface area contributed by atoms with E-state index in [2.05, 4.69) is 0 Å². The zero-order valence-electron chi connectivity index (χ0n) is 20.3. The molecule has 0 aliphatic carbocycles. The van der Waals surface area contributed by atoms with Crippen LogP contribution in [0.15, 0.2) is 53.3 Å². The third kappa shape index (κ3) is 5.46. The third-order valence-corrected chi connectivity index (χ3v) is 8.65. The number of hydrogen-bond donors (Lipinski definition) is 0. The number of hydrogen-bond acceptors (Lipinski definition) is 8. The molecule has 0 spiro atoms. The number of aromatic nitrogens is 1. The van der Waals surface area contributed by atoms with E-state index in [9.17, 15) is 19.2 Å². The SMILES string of the molecule is CC(=O)OCC1O[C@@H](OC(=O)c2ccc(-n3[se]c4ccccc4c3=O)cc2)C(OC(C)=O)[C@@H](C)[C@@H]1C. The second-order valence-corrected chi connectivity index (χ2v) is 10.8. The zero-order chi connectivity index (χ0) is 26.0. The van der Waals surface area contributed by atoms with Gasteiger partial charge in [0, 0.05) is 6.92 Å². The number of esters is 3. The summed E-state index contributed by atoms with van der Waals surface area (Å²) < 4.78 is 24.8. The average Bonchev–Trinajstić information content (AvgIpc) is 3.19. The van der Waals surface area contributed by atoms with E-state index in [0.717, 1.165) is 4.26 Å². The Morgan fingerprint density at radius 3 is 2.28 bits per heavy atom. The second-order valence-electron chi connectivity index (χ2n) is 8.78. The molecule has 9 nitrogen and oxygen atoms in total. The summed E-state index contributed by atoms with van der Waals surface area (Å²) in [5, 5.41) is 0.693. The van der Waals surface area contributed by atoms with Crippen LogP contribution in [0.2, 0.25) is 0 Å². The van der Waals surface area contributed by atoms with Gasteiger partial charge in [0.1, 0.15) is 0 Å². The number of carbonyl (C=O) groups excluding carboxylic acids is 3. The number of fused-ring (bicyclic) bond motifs is 1. The molecule has 0 radical (unpaired) electrons. The van der Waals surface area contributed by atoms with Gasteiger partial charge in [0.25, 0.3) is 0 Å². The van der Waals surface area contributed by atoms with E-state index >= 15 is 0 Å². The second kappa shape index (κ2) is 10.8. The Kier molecular flexibility index (Phi) is 7.78. The Labute approximate surface area is 213 Å². The summed E-state index contributed by atoms with van der Waals surface area (Å²) in [5.41, 5.74) is 0.870. The van der Waals surface area contributed by atoms with Gasteiger partial charge >= 0.3 is 202 Å². The summed E-state index contributed by atoms with van der Waals surface area (Å²) >= 11 is -0.188. The molecule has 0 bridgehead atoms. The first kappa shape index (κ1) is 25.9. The van der Waals surface area contributed by atoms with Crippen molar-refractivity contribution in [3.63, 3.8) is 0 Å². The molecule has 1 aliphatic rings. The van der Waals surface area contributed by atoms with Crippen molar-refractivity contribution in [1.29, 1.82) is 0 Å². The van der Waals surface area contributed by atoms with Crippen molar-refractivity contribution in [1.82, 2.24) is 3.56 Å². The molecule has 190 valence electrons. The fourth-order valence-electron chi connectivity index (χ4n) is 4.15. The van der Waals surface area contributed by atoms with Crippen LogP contribution in [0.5, 0.6) is 0 Å². The van der Waals surface area contributed by atoms with Gasteiger partial charge in [-0.1, -0.05) is 0 Å². The van der Waals surface area contributed by atoms with E-state index in [0.29, 0.717) is 11.1 Å². The summed E-state index contributed by atoms with van der Waals surface area (Å²) in [4.78, 5) is 48.7. The van der Waals surface area contributed by atoms with Crippen LogP contribution < -0.4 is 5.56 Å². The first-order chi connectivity index (χ1) is 17.2. The monoisotopic (exact) mass is 561 g/mol. The quantitative estimate of drug-likeness (QED) is 0.257. The molecule has 4 rings (SSSR count). The van der Waals surface area contributed by atoms with Crippen molar-refractivity contribution < 1.29 is 33.3 Å². The Hall–Kier alpha value is -3.20. The molecule has 2 unspecified atom stereocenters. The molecule has 2 heterocycles. The van der Waals surface area contributed by atoms with Gasteiger partial charge in [-0.25, -0.2) is 0 Å². The number of benzene rings is 2. The molecule has 10 heteroatoms. The number of ether oxygens (including phenoxy) is 4. The molecular weight excluding hydrogens is 533 g/mol. The predicted molar refractivity (Wildman–Crippen MR) is 131 cm³/mol. The van der Waals surface area contributed by atoms with E-state index in [1.807, 2.05) is 38.1 Å². The Morgan fingerprint density at radius 2 is 1.64 bits per heavy atom. The number of nitrogens with zero attached hydrogens (tertiary/aromatic N) is 1. The van der Waals surface area contributed by atoms with E-state index in [1.165, 1.54) is 13.8 Å². The van der Waals surface area contributed by atoms with E-state index in [-0.39, 0.29) is 44.3 Å². The maximum atomic E-state index is 13.0. The first-order valence-electron chi connectivity index (χ1n) is 11.5. The molecule has 5 atom stereocenters. The molecule has 1 saturated heterocycles. The molecule has 1 fully saturated rings. The Morgan fingerprint density at radius 1 is 0.944 bits per heavy atom. The fraction of sp³-hybridized carbons (Fsp3) is 0.385. The van der Waals surface area contributed by atoms with E-state index in [4.69, 9.17) is 18.9 Å². The topological polar surface area (TPSA) is 110 Å². The molecule has 0 saturated carbocycles. The third-order valence-electron chi connectivity index (χ3n) is 6.32. The number of rotatable bonds is 6. The van der Waals surface area contributed by atoms with Gasteiger partial charge in [-0.3, -0.25) is 4.79 Å². The van der Waals surface area contributed by atoms with Gasteiger partial charge < -0.3 is 0 Å². The van der Waals surface area contributed by atoms with Crippen molar-refractivity contribution in [2.75, 3.05) is 6.61 Å². The van der Waals surface area contributed by atoms with Crippen LogP contribution >= 0.6 is 0 Å². The van der Waals surface area contributed by atoms with Crippen LogP contribution in [-0.2, 0) is 28.5 Å².